The molecular weight excluding hydrogens is 195 g/mol. The molecule has 0 N–H and O–H groups in total. The summed E-state index contributed by atoms with van der Waals surface area (Å²) in [6.07, 6.45) is -0.435. The van der Waals surface area contributed by atoms with Gasteiger partial charge in [0.15, 0.2) is 0 Å². The van der Waals surface area contributed by atoms with Gasteiger partial charge in [0.25, 0.3) is 0 Å². The van der Waals surface area contributed by atoms with Crippen LogP contribution in [0.15, 0.2) is 0 Å². The summed E-state index contributed by atoms with van der Waals surface area (Å²) in [5.41, 5.74) is 0. The summed E-state index contributed by atoms with van der Waals surface area (Å²) < 4.78 is 14.0. The van der Waals surface area contributed by atoms with Crippen molar-refractivity contribution in [2.75, 3.05) is 14.1 Å². The van der Waals surface area contributed by atoms with Gasteiger partial charge in [-0.25, -0.2) is 9.10 Å². The molecule has 0 aromatic carbocycles. The molecule has 0 unspecified atom stereocenters. The molecule has 0 heterocycles. The summed E-state index contributed by atoms with van der Waals surface area (Å²) in [5.74, 6) is -0.124. The molecule has 0 atom stereocenters. The molecule has 0 aliphatic carbocycles. The van der Waals surface area contributed by atoms with Crippen LogP contribution in [0.3, 0.4) is 0 Å². The normalized spacial score (nSPS) is 9.54. The van der Waals surface area contributed by atoms with Gasteiger partial charge >= 0.3 is 6.16 Å². The first-order valence-electron chi connectivity index (χ1n) is 3.86. The van der Waals surface area contributed by atoms with Gasteiger partial charge in [-0.05, 0) is 6.42 Å². The van der Waals surface area contributed by atoms with Gasteiger partial charge in [0, 0.05) is 20.5 Å². The van der Waals surface area contributed by atoms with Crippen molar-refractivity contribution in [3.8, 4) is 0 Å². The van der Waals surface area contributed by atoms with Crippen LogP contribution in [0, 0.1) is 0 Å². The Kier molecular flexibility index (Phi) is 5.45. The Balaban J connectivity index is 3.92. The molecule has 0 rings (SSSR count). The summed E-state index contributed by atoms with van der Waals surface area (Å²) in [6, 6.07) is 0. The van der Waals surface area contributed by atoms with Crippen LogP contribution >= 0.6 is 12.1 Å². The zero-order chi connectivity index (χ0) is 10.4. The number of nitrogens with zero attached hydrogens (tertiary/aromatic N) is 2. The number of amides is 2. The highest BCUT2D eigenvalue weighted by atomic mass is 32.2. The quantitative estimate of drug-likeness (QED) is 0.402. The molecule has 0 radical (unpaired) electrons. The Labute approximate surface area is 81.3 Å². The van der Waals surface area contributed by atoms with E-state index in [-0.39, 0.29) is 5.91 Å². The number of carbonyl (C=O) groups excluding carboxylic acids is 2. The van der Waals surface area contributed by atoms with Crippen molar-refractivity contribution in [2.45, 2.75) is 19.8 Å². The third-order valence-electron chi connectivity index (χ3n) is 1.31. The van der Waals surface area contributed by atoms with Gasteiger partial charge in [-0.3, -0.25) is 9.10 Å². The van der Waals surface area contributed by atoms with E-state index < -0.39 is 6.16 Å². The predicted molar refractivity (Wildman–Crippen MR) is 49.5 cm³/mol. The van der Waals surface area contributed by atoms with E-state index in [1.165, 1.54) is 18.4 Å². The maximum Gasteiger partial charge on any atom is 0.411 e. The van der Waals surface area contributed by atoms with Crippen LogP contribution in [0.2, 0.25) is 0 Å². The molecule has 0 saturated heterocycles. The van der Waals surface area contributed by atoms with E-state index in [2.05, 4.69) is 0 Å². The van der Waals surface area contributed by atoms with Gasteiger partial charge in [0.2, 0.25) is 5.91 Å². The lowest BCUT2D eigenvalue weighted by Crippen LogP contribution is -2.26. The smallest absolute Gasteiger partial charge is 0.274 e. The molecule has 0 aromatic heterocycles. The molecule has 0 aliphatic heterocycles. The second-order valence-corrected chi connectivity index (χ2v) is 3.73. The lowest BCUT2D eigenvalue weighted by molar-refractivity contribution is -0.125. The van der Waals surface area contributed by atoms with E-state index in [1.807, 2.05) is 6.92 Å². The van der Waals surface area contributed by atoms with Crippen LogP contribution in [0.1, 0.15) is 19.8 Å². The van der Waals surface area contributed by atoms with Crippen LogP contribution in [0.5, 0.6) is 0 Å². The minimum Gasteiger partial charge on any atom is -0.274 e. The molecule has 0 aromatic rings. The Morgan fingerprint density at radius 1 is 1.31 bits per heavy atom. The van der Waals surface area contributed by atoms with Crippen molar-refractivity contribution in [1.82, 2.24) is 8.61 Å². The van der Waals surface area contributed by atoms with Gasteiger partial charge in [-0.15, -0.1) is 4.39 Å². The molecule has 0 fully saturated rings. The molecule has 13 heavy (non-hydrogen) atoms. The lowest BCUT2D eigenvalue weighted by Gasteiger charge is -2.19. The lowest BCUT2D eigenvalue weighted by atomic mass is 10.3. The summed E-state index contributed by atoms with van der Waals surface area (Å²) in [7, 11) is 2.77. The van der Waals surface area contributed by atoms with E-state index in [9.17, 15) is 14.0 Å². The average molecular weight is 208 g/mol. The van der Waals surface area contributed by atoms with Gasteiger partial charge < -0.3 is 0 Å². The number of hydrogen-bond donors (Lipinski definition) is 0. The first-order chi connectivity index (χ1) is 5.99. The van der Waals surface area contributed by atoms with Crippen molar-refractivity contribution < 1.29 is 14.0 Å². The minimum atomic E-state index is -1.57. The zero-order valence-electron chi connectivity index (χ0n) is 7.91. The topological polar surface area (TPSA) is 40.6 Å². The number of rotatable bonds is 4. The summed E-state index contributed by atoms with van der Waals surface area (Å²) in [5, 5.41) is 0. The van der Waals surface area contributed by atoms with Crippen LogP contribution in [-0.2, 0) is 4.79 Å². The minimum absolute atomic E-state index is 0.124. The molecule has 2 amide bonds. The van der Waals surface area contributed by atoms with Crippen LogP contribution in [0.4, 0.5) is 9.18 Å². The molecule has 6 heteroatoms. The van der Waals surface area contributed by atoms with Gasteiger partial charge in [0.05, 0.1) is 12.1 Å². The fraction of sp³-hybridized carbons (Fsp3) is 0.714. The number of hydrogen-bond acceptors (Lipinski definition) is 3. The first-order valence-corrected chi connectivity index (χ1v) is 4.59. The second-order valence-electron chi connectivity index (χ2n) is 2.47. The maximum atomic E-state index is 12.0. The van der Waals surface area contributed by atoms with Crippen molar-refractivity contribution >= 4 is 24.2 Å². The van der Waals surface area contributed by atoms with E-state index in [4.69, 9.17) is 0 Å². The van der Waals surface area contributed by atoms with E-state index >= 15 is 0 Å². The predicted octanol–water partition coefficient (Wildman–Crippen LogP) is 1.83. The molecule has 76 valence electrons. The van der Waals surface area contributed by atoms with Crippen molar-refractivity contribution in [1.29, 1.82) is 0 Å². The average Bonchev–Trinajstić information content (AvgIpc) is 2.04. The molecular formula is C7H13FN2O2S. The first kappa shape index (κ1) is 12.2. The van der Waals surface area contributed by atoms with E-state index in [1.54, 1.807) is 0 Å². The molecule has 4 nitrogen and oxygen atoms in total. The fourth-order valence-corrected chi connectivity index (χ4v) is 1.25. The van der Waals surface area contributed by atoms with Gasteiger partial charge in [0.1, 0.15) is 0 Å². The third-order valence-corrected chi connectivity index (χ3v) is 2.14. The Morgan fingerprint density at radius 2 is 1.85 bits per heavy atom. The van der Waals surface area contributed by atoms with Crippen molar-refractivity contribution in [3.63, 3.8) is 0 Å². The fourth-order valence-electron chi connectivity index (χ4n) is 0.633. The van der Waals surface area contributed by atoms with Crippen LogP contribution in [-0.4, -0.2) is 34.8 Å². The number of halogens is 1. The highest BCUT2D eigenvalue weighted by molar-refractivity contribution is 7.95. The summed E-state index contributed by atoms with van der Waals surface area (Å²) in [4.78, 5) is 21.3. The van der Waals surface area contributed by atoms with Crippen LogP contribution < -0.4 is 0 Å². The number of carbonyl (C=O) groups is 2. The Bertz CT molecular complexity index is 201. The van der Waals surface area contributed by atoms with Gasteiger partial charge in [-0.2, -0.15) is 0 Å². The SMILES string of the molecule is CCCC(=O)N(C)SN(C)C(=O)F. The molecule has 0 aliphatic rings. The highest BCUT2D eigenvalue weighted by Gasteiger charge is 2.14. The van der Waals surface area contributed by atoms with E-state index in [0.717, 1.165) is 22.9 Å². The highest BCUT2D eigenvalue weighted by Crippen LogP contribution is 2.14. The Hall–Kier alpha value is -0.780. The second kappa shape index (κ2) is 5.80. The maximum absolute atomic E-state index is 12.0. The molecule has 0 spiro atoms. The Morgan fingerprint density at radius 3 is 2.23 bits per heavy atom. The van der Waals surface area contributed by atoms with Crippen molar-refractivity contribution in [3.05, 3.63) is 0 Å². The molecule has 0 bridgehead atoms. The van der Waals surface area contributed by atoms with Gasteiger partial charge in [-0.1, -0.05) is 6.92 Å². The summed E-state index contributed by atoms with van der Waals surface area (Å²) in [6.45, 7) is 1.88. The van der Waals surface area contributed by atoms with Crippen molar-refractivity contribution in [2.24, 2.45) is 0 Å². The monoisotopic (exact) mass is 208 g/mol. The van der Waals surface area contributed by atoms with E-state index in [0.29, 0.717) is 6.42 Å². The zero-order valence-corrected chi connectivity index (χ0v) is 8.73. The van der Waals surface area contributed by atoms with Crippen LogP contribution in [0.25, 0.3) is 0 Å². The molecule has 0 saturated carbocycles. The standard InChI is InChI=1S/C7H13FN2O2S/c1-4-5-6(11)9(2)13-10(3)7(8)12/h4-5H2,1-3H3. The largest absolute Gasteiger partial charge is 0.411 e. The third kappa shape index (κ3) is 4.72. The summed E-state index contributed by atoms with van der Waals surface area (Å²) >= 11 is 0.748.